The van der Waals surface area contributed by atoms with Crippen LogP contribution in [0.4, 0.5) is 4.39 Å². The number of nitrogens with one attached hydrogen (secondary N) is 1. The van der Waals surface area contributed by atoms with Crippen LogP contribution in [-0.4, -0.2) is 12.6 Å². The van der Waals surface area contributed by atoms with Gasteiger partial charge in [0, 0.05) is 6.04 Å². The molecule has 1 nitrogen and oxygen atoms in total. The Balaban J connectivity index is 2.05. The van der Waals surface area contributed by atoms with E-state index in [0.717, 1.165) is 30.9 Å². The van der Waals surface area contributed by atoms with Crippen molar-refractivity contribution in [1.82, 2.24) is 5.32 Å². The summed E-state index contributed by atoms with van der Waals surface area (Å²) < 4.78 is 13.6. The maximum absolute atomic E-state index is 13.6. The molecule has 2 rings (SSSR count). The average molecular weight is 312 g/mol. The first-order valence-corrected chi connectivity index (χ1v) is 8.69. The van der Waals surface area contributed by atoms with Crippen LogP contribution in [0.15, 0.2) is 18.2 Å². The van der Waals surface area contributed by atoms with Crippen LogP contribution in [0, 0.1) is 17.7 Å². The molecule has 3 heteroatoms. The highest BCUT2D eigenvalue weighted by Gasteiger charge is 2.29. The molecule has 3 atom stereocenters. The van der Waals surface area contributed by atoms with Crippen LogP contribution < -0.4 is 5.32 Å². The highest BCUT2D eigenvalue weighted by atomic mass is 35.5. The predicted molar refractivity (Wildman–Crippen MR) is 88.3 cm³/mol. The summed E-state index contributed by atoms with van der Waals surface area (Å²) in [4.78, 5) is 0. The zero-order chi connectivity index (χ0) is 15.2. The van der Waals surface area contributed by atoms with Crippen LogP contribution in [0.25, 0.3) is 0 Å². The molecule has 0 heterocycles. The Hall–Kier alpha value is -0.600. The van der Waals surface area contributed by atoms with Crippen molar-refractivity contribution in [1.29, 1.82) is 0 Å². The van der Waals surface area contributed by atoms with Crippen molar-refractivity contribution in [2.45, 2.75) is 58.4 Å². The fourth-order valence-corrected chi connectivity index (χ4v) is 3.64. The van der Waals surface area contributed by atoms with Gasteiger partial charge in [-0.3, -0.25) is 0 Å². The van der Waals surface area contributed by atoms with Crippen LogP contribution in [0.3, 0.4) is 0 Å². The Bertz CT molecular complexity index is 449. The zero-order valence-electron chi connectivity index (χ0n) is 13.2. The maximum Gasteiger partial charge on any atom is 0.142 e. The maximum atomic E-state index is 13.6. The molecule has 21 heavy (non-hydrogen) atoms. The molecule has 118 valence electrons. The van der Waals surface area contributed by atoms with E-state index in [1.165, 1.54) is 25.7 Å². The van der Waals surface area contributed by atoms with Gasteiger partial charge in [0.05, 0.1) is 5.02 Å². The predicted octanol–water partition coefficient (Wildman–Crippen LogP) is 5.22. The highest BCUT2D eigenvalue weighted by Crippen LogP contribution is 2.34. The third kappa shape index (κ3) is 4.69. The van der Waals surface area contributed by atoms with Crippen molar-refractivity contribution in [2.75, 3.05) is 6.54 Å². The van der Waals surface area contributed by atoms with Crippen LogP contribution in [-0.2, 0) is 6.42 Å². The van der Waals surface area contributed by atoms with E-state index in [2.05, 4.69) is 19.2 Å². The molecule has 1 aromatic carbocycles. The van der Waals surface area contributed by atoms with Gasteiger partial charge in [-0.05, 0) is 68.2 Å². The molecule has 0 saturated heterocycles. The second kappa shape index (κ2) is 8.14. The van der Waals surface area contributed by atoms with E-state index in [-0.39, 0.29) is 10.8 Å². The molecular weight excluding hydrogens is 285 g/mol. The van der Waals surface area contributed by atoms with Gasteiger partial charge in [0.1, 0.15) is 5.82 Å². The summed E-state index contributed by atoms with van der Waals surface area (Å²) in [5.74, 6) is 1.14. The second-order valence-corrected chi connectivity index (χ2v) is 6.77. The van der Waals surface area contributed by atoms with Crippen molar-refractivity contribution < 1.29 is 4.39 Å². The molecule has 3 unspecified atom stereocenters. The molecule has 1 fully saturated rings. The summed E-state index contributed by atoms with van der Waals surface area (Å²) in [6.45, 7) is 5.56. The summed E-state index contributed by atoms with van der Waals surface area (Å²) in [6, 6.07) is 5.83. The monoisotopic (exact) mass is 311 g/mol. The lowest BCUT2D eigenvalue weighted by molar-refractivity contribution is 0.198. The number of halogens is 2. The van der Waals surface area contributed by atoms with Crippen molar-refractivity contribution in [3.63, 3.8) is 0 Å². The molecule has 1 aliphatic rings. The lowest BCUT2D eigenvalue weighted by Crippen LogP contribution is -2.41. The third-order valence-corrected chi connectivity index (χ3v) is 5.11. The van der Waals surface area contributed by atoms with Crippen LogP contribution in [0.2, 0.25) is 5.02 Å². The molecule has 1 aliphatic carbocycles. The van der Waals surface area contributed by atoms with Crippen molar-refractivity contribution in [2.24, 2.45) is 11.8 Å². The van der Waals surface area contributed by atoms with E-state index in [1.54, 1.807) is 12.1 Å². The third-order valence-electron chi connectivity index (χ3n) is 4.81. The van der Waals surface area contributed by atoms with E-state index in [9.17, 15) is 4.39 Å². The van der Waals surface area contributed by atoms with Crippen molar-refractivity contribution in [3.05, 3.63) is 34.6 Å². The normalized spacial score (nSPS) is 26.0. The first-order chi connectivity index (χ1) is 10.1. The minimum absolute atomic E-state index is 0.217. The summed E-state index contributed by atoms with van der Waals surface area (Å²) in [5.41, 5.74) is 1.07. The number of benzene rings is 1. The standard InChI is InChI=1S/C18H27ClFN/c1-3-9-21-18-8-6-13(4-2)10-15(18)11-14-5-7-16(19)17(20)12-14/h5,7,12-13,15,18,21H,3-4,6,8-11H2,1-2H3. The molecule has 0 amide bonds. The molecule has 1 aromatic rings. The number of rotatable bonds is 6. The van der Waals surface area contributed by atoms with Crippen LogP contribution >= 0.6 is 11.6 Å². The fourth-order valence-electron chi connectivity index (χ4n) is 3.53. The molecule has 0 radical (unpaired) electrons. The Labute approximate surface area is 133 Å². The Kier molecular flexibility index (Phi) is 6.50. The first-order valence-electron chi connectivity index (χ1n) is 8.31. The molecule has 0 spiro atoms. The van der Waals surface area contributed by atoms with Gasteiger partial charge in [-0.15, -0.1) is 0 Å². The summed E-state index contributed by atoms with van der Waals surface area (Å²) >= 11 is 5.78. The van der Waals surface area contributed by atoms with E-state index in [1.807, 2.05) is 6.07 Å². The summed E-state index contributed by atoms with van der Waals surface area (Å²) in [5, 5.41) is 3.91. The molecule has 0 bridgehead atoms. The van der Waals surface area contributed by atoms with Crippen molar-refractivity contribution >= 4 is 11.6 Å². The Morgan fingerprint density at radius 2 is 2.10 bits per heavy atom. The minimum Gasteiger partial charge on any atom is -0.314 e. The fraction of sp³-hybridized carbons (Fsp3) is 0.667. The number of hydrogen-bond donors (Lipinski definition) is 1. The van der Waals surface area contributed by atoms with Gasteiger partial charge < -0.3 is 5.32 Å². The Morgan fingerprint density at radius 3 is 2.76 bits per heavy atom. The first kappa shape index (κ1) is 16.8. The van der Waals surface area contributed by atoms with Gasteiger partial charge in [-0.1, -0.05) is 37.9 Å². The van der Waals surface area contributed by atoms with Gasteiger partial charge in [0.2, 0.25) is 0 Å². The quantitative estimate of drug-likeness (QED) is 0.760. The topological polar surface area (TPSA) is 12.0 Å². The second-order valence-electron chi connectivity index (χ2n) is 6.36. The van der Waals surface area contributed by atoms with E-state index < -0.39 is 0 Å². The van der Waals surface area contributed by atoms with Crippen LogP contribution in [0.5, 0.6) is 0 Å². The summed E-state index contributed by atoms with van der Waals surface area (Å²) in [7, 11) is 0. The zero-order valence-corrected chi connectivity index (χ0v) is 13.9. The van der Waals surface area contributed by atoms with Gasteiger partial charge in [-0.2, -0.15) is 0 Å². The minimum atomic E-state index is -0.296. The molecular formula is C18H27ClFN. The molecule has 0 aromatic heterocycles. The molecule has 1 N–H and O–H groups in total. The lowest BCUT2D eigenvalue weighted by atomic mass is 9.74. The lowest BCUT2D eigenvalue weighted by Gasteiger charge is -2.37. The van der Waals surface area contributed by atoms with Gasteiger partial charge >= 0.3 is 0 Å². The molecule has 1 saturated carbocycles. The van der Waals surface area contributed by atoms with Crippen molar-refractivity contribution in [3.8, 4) is 0 Å². The average Bonchev–Trinajstić information content (AvgIpc) is 2.49. The highest BCUT2D eigenvalue weighted by molar-refractivity contribution is 6.30. The molecule has 0 aliphatic heterocycles. The van der Waals surface area contributed by atoms with E-state index >= 15 is 0 Å². The van der Waals surface area contributed by atoms with Gasteiger partial charge in [0.15, 0.2) is 0 Å². The largest absolute Gasteiger partial charge is 0.314 e. The van der Waals surface area contributed by atoms with E-state index in [0.29, 0.717) is 12.0 Å². The summed E-state index contributed by atoms with van der Waals surface area (Å²) in [6.07, 6.45) is 7.19. The number of hydrogen-bond acceptors (Lipinski definition) is 1. The van der Waals surface area contributed by atoms with Gasteiger partial charge in [-0.25, -0.2) is 4.39 Å². The SMILES string of the molecule is CCCNC1CCC(CC)CC1Cc1ccc(Cl)c(F)c1. The van der Waals surface area contributed by atoms with E-state index in [4.69, 9.17) is 11.6 Å². The van der Waals surface area contributed by atoms with Gasteiger partial charge in [0.25, 0.3) is 0 Å². The smallest absolute Gasteiger partial charge is 0.142 e. The van der Waals surface area contributed by atoms with Crippen LogP contribution in [0.1, 0.15) is 51.5 Å². The Morgan fingerprint density at radius 1 is 1.29 bits per heavy atom.